The predicted octanol–water partition coefficient (Wildman–Crippen LogP) is 3.99. The molecule has 0 atom stereocenters. The molecular formula is C10H4Cl2N2S. The molecule has 0 unspecified atom stereocenters. The monoisotopic (exact) mass is 254 g/mol. The number of rotatable bonds is 1. The molecule has 0 amide bonds. The number of thiophene rings is 1. The molecule has 0 aliphatic carbocycles. The second-order valence-corrected chi connectivity index (χ2v) is 4.69. The van der Waals surface area contributed by atoms with Crippen molar-refractivity contribution in [2.45, 2.75) is 0 Å². The summed E-state index contributed by atoms with van der Waals surface area (Å²) in [6.07, 6.45) is 0. The Bertz CT molecular complexity index is 543. The second-order valence-electron chi connectivity index (χ2n) is 2.79. The van der Waals surface area contributed by atoms with Gasteiger partial charge in [0.25, 0.3) is 0 Å². The minimum Gasteiger partial charge on any atom is -0.235 e. The molecule has 15 heavy (non-hydrogen) atoms. The van der Waals surface area contributed by atoms with Crippen LogP contribution in [0.15, 0.2) is 23.6 Å². The number of pyridine rings is 1. The number of halogens is 2. The third-order valence-electron chi connectivity index (χ3n) is 1.83. The minimum absolute atomic E-state index is 0.220. The van der Waals surface area contributed by atoms with Gasteiger partial charge in [0.05, 0.1) is 15.6 Å². The van der Waals surface area contributed by atoms with Crippen molar-refractivity contribution in [1.82, 2.24) is 4.98 Å². The second kappa shape index (κ2) is 4.19. The lowest BCUT2D eigenvalue weighted by Crippen LogP contribution is -1.85. The first-order valence-corrected chi connectivity index (χ1v) is 5.65. The van der Waals surface area contributed by atoms with Gasteiger partial charge in [-0.15, -0.1) is 11.3 Å². The van der Waals surface area contributed by atoms with Crippen LogP contribution >= 0.6 is 34.5 Å². The highest BCUT2D eigenvalue weighted by molar-refractivity contribution is 7.14. The summed E-state index contributed by atoms with van der Waals surface area (Å²) in [5.41, 5.74) is 2.01. The summed E-state index contributed by atoms with van der Waals surface area (Å²) in [6.45, 7) is 0. The Labute approximate surface area is 101 Å². The number of nitriles is 1. The maximum absolute atomic E-state index is 8.69. The van der Waals surface area contributed by atoms with E-state index in [2.05, 4.69) is 4.98 Å². The first kappa shape index (κ1) is 10.4. The molecule has 0 spiro atoms. The average Bonchev–Trinajstić information content (AvgIpc) is 2.65. The quantitative estimate of drug-likeness (QED) is 0.722. The van der Waals surface area contributed by atoms with Crippen LogP contribution in [0.5, 0.6) is 0 Å². The smallest absolute Gasteiger partial charge is 0.147 e. The van der Waals surface area contributed by atoms with Gasteiger partial charge in [0.15, 0.2) is 0 Å². The van der Waals surface area contributed by atoms with Gasteiger partial charge >= 0.3 is 0 Å². The molecule has 5 heteroatoms. The zero-order chi connectivity index (χ0) is 10.8. The van der Waals surface area contributed by atoms with Crippen molar-refractivity contribution < 1.29 is 0 Å². The van der Waals surface area contributed by atoms with Crippen molar-refractivity contribution in [3.05, 3.63) is 38.6 Å². The summed E-state index contributed by atoms with van der Waals surface area (Å²) >= 11 is 13.1. The molecule has 2 nitrogen and oxygen atoms in total. The molecule has 0 aromatic carbocycles. The molecule has 74 valence electrons. The van der Waals surface area contributed by atoms with E-state index in [0.29, 0.717) is 9.90 Å². The number of aromatic nitrogens is 1. The van der Waals surface area contributed by atoms with Crippen molar-refractivity contribution in [1.29, 1.82) is 5.26 Å². The van der Waals surface area contributed by atoms with Crippen LogP contribution in [0.25, 0.3) is 11.3 Å². The van der Waals surface area contributed by atoms with Crippen LogP contribution < -0.4 is 0 Å². The van der Waals surface area contributed by atoms with Crippen molar-refractivity contribution >= 4 is 34.5 Å². The average molecular weight is 255 g/mol. The Kier molecular flexibility index (Phi) is 2.92. The van der Waals surface area contributed by atoms with Gasteiger partial charge in [0.1, 0.15) is 11.2 Å². The molecule has 0 saturated heterocycles. The molecule has 2 aromatic rings. The SMILES string of the molecule is N#Cc1ccc(-c2csc(Cl)c2)nc1Cl. The van der Waals surface area contributed by atoms with Crippen LogP contribution in [-0.4, -0.2) is 4.98 Å². The zero-order valence-electron chi connectivity index (χ0n) is 7.37. The Morgan fingerprint density at radius 2 is 2.13 bits per heavy atom. The van der Waals surface area contributed by atoms with Crippen LogP contribution in [0.3, 0.4) is 0 Å². The molecular weight excluding hydrogens is 251 g/mol. The first-order chi connectivity index (χ1) is 7.20. The van der Waals surface area contributed by atoms with Crippen molar-refractivity contribution in [2.75, 3.05) is 0 Å². The van der Waals surface area contributed by atoms with Crippen molar-refractivity contribution in [3.8, 4) is 17.3 Å². The third-order valence-corrected chi connectivity index (χ3v) is 3.21. The Morgan fingerprint density at radius 1 is 1.33 bits per heavy atom. The van der Waals surface area contributed by atoms with Gasteiger partial charge in [-0.05, 0) is 18.2 Å². The van der Waals surface area contributed by atoms with E-state index < -0.39 is 0 Å². The standard InChI is InChI=1S/C10H4Cl2N2S/c11-9-3-7(5-15-9)8-2-1-6(4-13)10(12)14-8/h1-3,5H. The molecule has 0 radical (unpaired) electrons. The van der Waals surface area contributed by atoms with Gasteiger partial charge < -0.3 is 0 Å². The predicted molar refractivity (Wildman–Crippen MR) is 62.3 cm³/mol. The first-order valence-electron chi connectivity index (χ1n) is 4.02. The number of hydrogen-bond donors (Lipinski definition) is 0. The summed E-state index contributed by atoms with van der Waals surface area (Å²) in [7, 11) is 0. The molecule has 0 aliphatic heterocycles. The van der Waals surface area contributed by atoms with Gasteiger partial charge in [-0.3, -0.25) is 0 Å². The van der Waals surface area contributed by atoms with E-state index in [1.165, 1.54) is 11.3 Å². The lowest BCUT2D eigenvalue weighted by atomic mass is 10.2. The summed E-state index contributed by atoms with van der Waals surface area (Å²) in [6, 6.07) is 7.18. The fourth-order valence-corrected chi connectivity index (χ4v) is 2.19. The normalized spacial score (nSPS) is 9.93. The lowest BCUT2D eigenvalue weighted by Gasteiger charge is -1.98. The highest BCUT2D eigenvalue weighted by Gasteiger charge is 2.06. The maximum atomic E-state index is 8.69. The van der Waals surface area contributed by atoms with E-state index in [9.17, 15) is 0 Å². The van der Waals surface area contributed by atoms with E-state index in [1.54, 1.807) is 12.1 Å². The van der Waals surface area contributed by atoms with E-state index in [-0.39, 0.29) is 5.15 Å². The van der Waals surface area contributed by atoms with Gasteiger partial charge in [-0.1, -0.05) is 23.2 Å². The van der Waals surface area contributed by atoms with Crippen LogP contribution in [0, 0.1) is 11.3 Å². The van der Waals surface area contributed by atoms with Crippen LogP contribution in [0.1, 0.15) is 5.56 Å². The summed E-state index contributed by atoms with van der Waals surface area (Å²) in [5.74, 6) is 0. The largest absolute Gasteiger partial charge is 0.235 e. The number of hydrogen-bond acceptors (Lipinski definition) is 3. The van der Waals surface area contributed by atoms with Crippen molar-refractivity contribution in [2.24, 2.45) is 0 Å². The highest BCUT2D eigenvalue weighted by Crippen LogP contribution is 2.28. The fraction of sp³-hybridized carbons (Fsp3) is 0. The molecule has 2 heterocycles. The lowest BCUT2D eigenvalue weighted by molar-refractivity contribution is 1.30. The topological polar surface area (TPSA) is 36.7 Å². The molecule has 2 aromatic heterocycles. The Hall–Kier alpha value is -1.08. The summed E-state index contributed by atoms with van der Waals surface area (Å²) in [4.78, 5) is 4.12. The van der Waals surface area contributed by atoms with Gasteiger partial charge in [0.2, 0.25) is 0 Å². The molecule has 0 saturated carbocycles. The van der Waals surface area contributed by atoms with E-state index in [1.807, 2.05) is 17.5 Å². The van der Waals surface area contributed by atoms with Crippen LogP contribution in [0.2, 0.25) is 9.49 Å². The Balaban J connectivity index is 2.48. The van der Waals surface area contributed by atoms with Gasteiger partial charge in [0, 0.05) is 10.9 Å². The molecule has 0 fully saturated rings. The van der Waals surface area contributed by atoms with E-state index in [4.69, 9.17) is 28.5 Å². The van der Waals surface area contributed by atoms with Crippen LogP contribution in [-0.2, 0) is 0 Å². The molecule has 0 N–H and O–H groups in total. The van der Waals surface area contributed by atoms with Crippen LogP contribution in [0.4, 0.5) is 0 Å². The van der Waals surface area contributed by atoms with Gasteiger partial charge in [-0.2, -0.15) is 5.26 Å². The minimum atomic E-state index is 0.220. The third kappa shape index (κ3) is 2.13. The number of nitrogens with zero attached hydrogens (tertiary/aromatic N) is 2. The van der Waals surface area contributed by atoms with E-state index >= 15 is 0 Å². The van der Waals surface area contributed by atoms with E-state index in [0.717, 1.165) is 11.3 Å². The molecule has 0 bridgehead atoms. The van der Waals surface area contributed by atoms with Crippen molar-refractivity contribution in [3.63, 3.8) is 0 Å². The molecule has 0 aliphatic rings. The molecule has 2 rings (SSSR count). The fourth-order valence-electron chi connectivity index (χ4n) is 1.12. The Morgan fingerprint density at radius 3 is 2.67 bits per heavy atom. The summed E-state index contributed by atoms with van der Waals surface area (Å²) in [5, 5.41) is 10.8. The van der Waals surface area contributed by atoms with Gasteiger partial charge in [-0.25, -0.2) is 4.98 Å². The highest BCUT2D eigenvalue weighted by atomic mass is 35.5. The maximum Gasteiger partial charge on any atom is 0.147 e. The summed E-state index contributed by atoms with van der Waals surface area (Å²) < 4.78 is 0.701. The zero-order valence-corrected chi connectivity index (χ0v) is 9.70.